The Labute approximate surface area is 233 Å². The van der Waals surface area contributed by atoms with E-state index >= 15 is 0 Å². The maximum atomic E-state index is 12.4. The van der Waals surface area contributed by atoms with Crippen LogP contribution in [0.4, 0.5) is 11.5 Å². The van der Waals surface area contributed by atoms with Crippen LogP contribution in [0.1, 0.15) is 28.9 Å². The van der Waals surface area contributed by atoms with Gasteiger partial charge in [0.15, 0.2) is 5.82 Å². The molecule has 0 atom stereocenters. The van der Waals surface area contributed by atoms with Crippen molar-refractivity contribution in [1.82, 2.24) is 20.1 Å². The Morgan fingerprint density at radius 3 is 2.62 bits per heavy atom. The molecule has 0 aliphatic carbocycles. The lowest BCUT2D eigenvalue weighted by Gasteiger charge is -2.37. The Morgan fingerprint density at radius 1 is 1.05 bits per heavy atom. The van der Waals surface area contributed by atoms with Gasteiger partial charge in [-0.15, -0.1) is 0 Å². The zero-order valence-electron chi connectivity index (χ0n) is 22.5. The molecule has 40 heavy (non-hydrogen) atoms. The van der Waals surface area contributed by atoms with E-state index in [-0.39, 0.29) is 6.10 Å². The minimum atomic E-state index is -0.431. The van der Waals surface area contributed by atoms with Crippen LogP contribution in [-0.4, -0.2) is 78.0 Å². The maximum Gasteiger partial charge on any atom is 0.250 e. The molecule has 0 radical (unpaired) electrons. The number of nitrogens with two attached hydrogens (primary N) is 2. The highest BCUT2D eigenvalue weighted by Gasteiger charge is 2.23. The van der Waals surface area contributed by atoms with Crippen molar-refractivity contribution in [3.05, 3.63) is 66.0 Å². The number of carbonyl (C=O) groups excluding carboxylic acids is 1. The van der Waals surface area contributed by atoms with Crippen molar-refractivity contribution in [2.24, 2.45) is 5.73 Å². The summed E-state index contributed by atoms with van der Waals surface area (Å²) >= 11 is 0. The van der Waals surface area contributed by atoms with Crippen molar-refractivity contribution in [1.29, 1.82) is 0 Å². The molecule has 4 heterocycles. The quantitative estimate of drug-likeness (QED) is 0.309. The van der Waals surface area contributed by atoms with E-state index in [0.717, 1.165) is 85.4 Å². The summed E-state index contributed by atoms with van der Waals surface area (Å²) in [6.07, 6.45) is 4.47. The highest BCUT2D eigenvalue weighted by atomic mass is 16.5. The normalized spacial score (nSPS) is 16.9. The number of fused-ring (bicyclic) bond motifs is 1. The molecule has 2 aromatic heterocycles. The van der Waals surface area contributed by atoms with E-state index in [1.165, 1.54) is 0 Å². The number of pyridine rings is 1. The number of amides is 1. The molecule has 1 amide bonds. The Hall–Kier alpha value is -4.15. The highest BCUT2D eigenvalue weighted by molar-refractivity contribution is 6.01. The van der Waals surface area contributed by atoms with Gasteiger partial charge in [0.2, 0.25) is 0 Å². The first-order chi connectivity index (χ1) is 19.5. The van der Waals surface area contributed by atoms with Crippen LogP contribution in [0.25, 0.3) is 22.0 Å². The number of aromatic amines is 1. The molecule has 5 N–H and O–H groups in total. The number of benzene rings is 2. The minimum absolute atomic E-state index is 0.0586. The fraction of sp³-hybridized carbons (Fsp3) is 0.367. The number of aromatic nitrogens is 3. The van der Waals surface area contributed by atoms with E-state index in [4.69, 9.17) is 20.9 Å². The van der Waals surface area contributed by atoms with Gasteiger partial charge in [-0.3, -0.25) is 19.8 Å². The standard InChI is InChI=1S/C30H35N7O3/c31-29-28-25(34-35-29)17-21(19-27(28)40-23-7-15-39-16-8-23)20-4-5-24(30(32)38)26(18-20)37-13-11-36(12-14-37)10-6-22-3-1-2-9-33-22/h1-5,9,17-19,23H,6-8,10-16H2,(H2,32,38)(H3,31,34,35). The Morgan fingerprint density at radius 2 is 1.88 bits per heavy atom. The van der Waals surface area contributed by atoms with E-state index < -0.39 is 5.91 Å². The van der Waals surface area contributed by atoms with Crippen molar-refractivity contribution >= 4 is 28.3 Å². The predicted molar refractivity (Wildman–Crippen MR) is 156 cm³/mol. The summed E-state index contributed by atoms with van der Waals surface area (Å²) in [5.74, 6) is 0.682. The molecule has 2 aliphatic rings. The predicted octanol–water partition coefficient (Wildman–Crippen LogP) is 3.23. The molecule has 6 rings (SSSR count). The Balaban J connectivity index is 1.25. The summed E-state index contributed by atoms with van der Waals surface area (Å²) in [7, 11) is 0. The average Bonchev–Trinajstić information content (AvgIpc) is 3.37. The van der Waals surface area contributed by atoms with Crippen LogP contribution in [0.15, 0.2) is 54.7 Å². The summed E-state index contributed by atoms with van der Waals surface area (Å²) < 4.78 is 11.9. The van der Waals surface area contributed by atoms with Crippen molar-refractivity contribution in [3.8, 4) is 16.9 Å². The van der Waals surface area contributed by atoms with Gasteiger partial charge in [-0.1, -0.05) is 12.1 Å². The number of ether oxygens (including phenoxy) is 2. The molecule has 2 aromatic carbocycles. The van der Waals surface area contributed by atoms with E-state index in [1.807, 2.05) is 42.6 Å². The smallest absolute Gasteiger partial charge is 0.250 e. The molecular formula is C30H35N7O3. The SMILES string of the molecule is NC(=O)c1ccc(-c2cc(OC3CCOCC3)c3c(N)n[nH]c3c2)cc1N1CCN(CCc2ccccn2)CC1. The number of nitrogens with one attached hydrogen (secondary N) is 1. The molecule has 0 saturated carbocycles. The summed E-state index contributed by atoms with van der Waals surface area (Å²) in [5, 5.41) is 8.05. The van der Waals surface area contributed by atoms with Crippen molar-refractivity contribution in [2.45, 2.75) is 25.4 Å². The highest BCUT2D eigenvalue weighted by Crippen LogP contribution is 2.37. The lowest BCUT2D eigenvalue weighted by Crippen LogP contribution is -2.47. The fourth-order valence-corrected chi connectivity index (χ4v) is 5.59. The fourth-order valence-electron chi connectivity index (χ4n) is 5.59. The van der Waals surface area contributed by atoms with Gasteiger partial charge in [0.1, 0.15) is 11.9 Å². The van der Waals surface area contributed by atoms with Gasteiger partial charge >= 0.3 is 0 Å². The molecule has 4 aromatic rings. The molecule has 10 heteroatoms. The third-order valence-electron chi connectivity index (χ3n) is 7.84. The lowest BCUT2D eigenvalue weighted by atomic mass is 9.99. The van der Waals surface area contributed by atoms with E-state index in [1.54, 1.807) is 0 Å². The number of piperazine rings is 1. The second kappa shape index (κ2) is 11.5. The van der Waals surface area contributed by atoms with Crippen LogP contribution < -0.4 is 21.1 Å². The van der Waals surface area contributed by atoms with Gasteiger partial charge < -0.3 is 25.8 Å². The average molecular weight is 542 g/mol. The number of nitrogens with zero attached hydrogens (tertiary/aromatic N) is 4. The number of nitrogen functional groups attached to an aromatic ring is 1. The Kier molecular flexibility index (Phi) is 7.52. The third-order valence-corrected chi connectivity index (χ3v) is 7.84. The summed E-state index contributed by atoms with van der Waals surface area (Å²) in [4.78, 5) is 21.5. The number of hydrogen-bond donors (Lipinski definition) is 3. The van der Waals surface area contributed by atoms with Crippen LogP contribution in [0.2, 0.25) is 0 Å². The first-order valence-electron chi connectivity index (χ1n) is 13.9. The molecule has 2 fully saturated rings. The van der Waals surface area contributed by atoms with Crippen LogP contribution in [0.3, 0.4) is 0 Å². The van der Waals surface area contributed by atoms with Gasteiger partial charge in [0.05, 0.1) is 35.4 Å². The molecule has 0 bridgehead atoms. The molecule has 0 spiro atoms. The zero-order chi connectivity index (χ0) is 27.5. The number of carbonyl (C=O) groups is 1. The zero-order valence-corrected chi connectivity index (χ0v) is 22.5. The largest absolute Gasteiger partial charge is 0.489 e. The minimum Gasteiger partial charge on any atom is -0.489 e. The van der Waals surface area contributed by atoms with Crippen LogP contribution in [-0.2, 0) is 11.2 Å². The van der Waals surface area contributed by atoms with Crippen LogP contribution in [0, 0.1) is 0 Å². The van der Waals surface area contributed by atoms with E-state index in [9.17, 15) is 4.79 Å². The second-order valence-corrected chi connectivity index (χ2v) is 10.4. The summed E-state index contributed by atoms with van der Waals surface area (Å²) in [5.41, 5.74) is 17.2. The molecule has 2 aliphatic heterocycles. The molecule has 10 nitrogen and oxygen atoms in total. The van der Waals surface area contributed by atoms with Gasteiger partial charge in [-0.25, -0.2) is 0 Å². The van der Waals surface area contributed by atoms with E-state index in [2.05, 4.69) is 37.1 Å². The third kappa shape index (κ3) is 5.59. The summed E-state index contributed by atoms with van der Waals surface area (Å²) in [6, 6.07) is 15.9. The number of rotatable bonds is 8. The van der Waals surface area contributed by atoms with Crippen molar-refractivity contribution in [3.63, 3.8) is 0 Å². The topological polar surface area (TPSA) is 136 Å². The summed E-state index contributed by atoms with van der Waals surface area (Å²) in [6.45, 7) is 5.73. The van der Waals surface area contributed by atoms with Gasteiger partial charge in [-0.05, 0) is 47.5 Å². The first kappa shape index (κ1) is 26.1. The molecular weight excluding hydrogens is 506 g/mol. The Bertz CT molecular complexity index is 1480. The van der Waals surface area contributed by atoms with Crippen LogP contribution >= 0.6 is 0 Å². The molecule has 2 saturated heterocycles. The molecule has 208 valence electrons. The van der Waals surface area contributed by atoms with E-state index in [0.29, 0.717) is 30.3 Å². The van der Waals surface area contributed by atoms with Gasteiger partial charge in [0.25, 0.3) is 5.91 Å². The number of hydrogen-bond acceptors (Lipinski definition) is 8. The monoisotopic (exact) mass is 541 g/mol. The lowest BCUT2D eigenvalue weighted by molar-refractivity contribution is 0.0262. The number of anilines is 2. The molecule has 0 unspecified atom stereocenters. The van der Waals surface area contributed by atoms with Gasteiger partial charge in [0, 0.05) is 63.9 Å². The first-order valence-corrected chi connectivity index (χ1v) is 13.9. The van der Waals surface area contributed by atoms with Crippen molar-refractivity contribution in [2.75, 3.05) is 56.6 Å². The number of H-pyrrole nitrogens is 1. The second-order valence-electron chi connectivity index (χ2n) is 10.4. The van der Waals surface area contributed by atoms with Gasteiger partial charge in [-0.2, -0.15) is 5.10 Å². The van der Waals surface area contributed by atoms with Crippen molar-refractivity contribution < 1.29 is 14.3 Å². The number of primary amides is 1. The van der Waals surface area contributed by atoms with Crippen LogP contribution in [0.5, 0.6) is 5.75 Å². The maximum absolute atomic E-state index is 12.4.